The fourth-order valence-corrected chi connectivity index (χ4v) is 4.08. The zero-order chi connectivity index (χ0) is 18.5. The van der Waals surface area contributed by atoms with E-state index in [-0.39, 0.29) is 0 Å². The molecular weight excluding hydrogens is 340 g/mol. The molecule has 3 heteroatoms. The van der Waals surface area contributed by atoms with Gasteiger partial charge in [0, 0.05) is 49.4 Å². The van der Waals surface area contributed by atoms with Gasteiger partial charge in [0.2, 0.25) is 0 Å². The molecule has 1 aliphatic heterocycles. The van der Waals surface area contributed by atoms with Crippen LogP contribution in [0.1, 0.15) is 30.0 Å². The van der Waals surface area contributed by atoms with E-state index in [1.807, 2.05) is 6.92 Å². The maximum atomic E-state index is 6.28. The highest BCUT2D eigenvalue weighted by Gasteiger charge is 2.27. The Bertz CT molecular complexity index is 741. The lowest BCUT2D eigenvalue weighted by Gasteiger charge is -2.32. The van der Waals surface area contributed by atoms with Crippen LogP contribution < -0.4 is 0 Å². The molecule has 0 N–H and O–H groups in total. The Hall–Kier alpha value is -1.77. The molecular formula is C23H29ClN2. The summed E-state index contributed by atoms with van der Waals surface area (Å²) in [4.78, 5) is 5.04. The van der Waals surface area contributed by atoms with E-state index < -0.39 is 0 Å². The summed E-state index contributed by atoms with van der Waals surface area (Å²) in [7, 11) is 0. The van der Waals surface area contributed by atoms with Crippen molar-refractivity contribution in [2.24, 2.45) is 0 Å². The summed E-state index contributed by atoms with van der Waals surface area (Å²) in [5.74, 6) is 0. The Kier molecular flexibility index (Phi) is 6.39. The first-order valence-corrected chi connectivity index (χ1v) is 9.90. The van der Waals surface area contributed by atoms with E-state index in [4.69, 9.17) is 11.6 Å². The molecule has 0 amide bonds. The zero-order valence-corrected chi connectivity index (χ0v) is 16.7. The predicted molar refractivity (Wildman–Crippen MR) is 112 cm³/mol. The molecule has 1 aliphatic rings. The lowest BCUT2D eigenvalue weighted by atomic mass is 10.1. The van der Waals surface area contributed by atoms with Gasteiger partial charge in [-0.3, -0.25) is 4.90 Å². The molecule has 0 aliphatic carbocycles. The van der Waals surface area contributed by atoms with Gasteiger partial charge in [0.1, 0.15) is 0 Å². The second kappa shape index (κ2) is 8.75. The van der Waals surface area contributed by atoms with Crippen LogP contribution in [-0.2, 0) is 13.0 Å². The number of rotatable bonds is 7. The summed E-state index contributed by atoms with van der Waals surface area (Å²) in [5, 5.41) is 0.841. The third-order valence-electron chi connectivity index (χ3n) is 5.33. The molecule has 0 bridgehead atoms. The van der Waals surface area contributed by atoms with Crippen molar-refractivity contribution in [1.29, 1.82) is 0 Å². The molecule has 2 aromatic carbocycles. The van der Waals surface area contributed by atoms with Gasteiger partial charge < -0.3 is 4.90 Å². The van der Waals surface area contributed by atoms with Gasteiger partial charge in [0.25, 0.3) is 0 Å². The summed E-state index contributed by atoms with van der Waals surface area (Å²) in [6.07, 6.45) is 2.07. The Morgan fingerprint density at radius 3 is 2.65 bits per heavy atom. The van der Waals surface area contributed by atoms with E-state index in [2.05, 4.69) is 71.8 Å². The van der Waals surface area contributed by atoms with Crippen LogP contribution in [0.15, 0.2) is 60.8 Å². The fraction of sp³-hybridized carbons (Fsp3) is 0.391. The van der Waals surface area contributed by atoms with Crippen LogP contribution in [0.5, 0.6) is 0 Å². The topological polar surface area (TPSA) is 6.48 Å². The number of allylic oxidation sites excluding steroid dienone is 1. The van der Waals surface area contributed by atoms with Gasteiger partial charge in [-0.2, -0.15) is 0 Å². The van der Waals surface area contributed by atoms with E-state index >= 15 is 0 Å². The van der Waals surface area contributed by atoms with Crippen LogP contribution in [0.4, 0.5) is 0 Å². The third kappa shape index (κ3) is 4.69. The molecule has 3 rings (SSSR count). The first kappa shape index (κ1) is 19.0. The van der Waals surface area contributed by atoms with Crippen molar-refractivity contribution in [2.75, 3.05) is 19.6 Å². The van der Waals surface area contributed by atoms with Crippen molar-refractivity contribution in [3.63, 3.8) is 0 Å². The first-order valence-electron chi connectivity index (χ1n) is 9.52. The molecule has 0 aromatic heterocycles. The molecule has 0 saturated carbocycles. The highest BCUT2D eigenvalue weighted by atomic mass is 35.5. The number of hydrogen-bond acceptors (Lipinski definition) is 2. The number of nitrogens with zero attached hydrogens (tertiary/aromatic N) is 2. The summed E-state index contributed by atoms with van der Waals surface area (Å²) in [6, 6.07) is 17.6. The van der Waals surface area contributed by atoms with E-state index in [0.717, 1.165) is 43.2 Å². The second-order valence-electron chi connectivity index (χ2n) is 7.28. The normalized spacial score (nSPS) is 17.4. The number of likely N-dealkylation sites (N-methyl/N-ethyl adjacent to an activating group) is 1. The molecule has 1 heterocycles. The van der Waals surface area contributed by atoms with E-state index in [1.54, 1.807) is 0 Å². The monoisotopic (exact) mass is 368 g/mol. The second-order valence-corrected chi connectivity index (χ2v) is 7.68. The van der Waals surface area contributed by atoms with E-state index in [1.165, 1.54) is 23.2 Å². The molecule has 2 nitrogen and oxygen atoms in total. The van der Waals surface area contributed by atoms with Crippen molar-refractivity contribution >= 4 is 11.6 Å². The Morgan fingerprint density at radius 2 is 1.96 bits per heavy atom. The third-order valence-corrected chi connectivity index (χ3v) is 5.74. The molecule has 1 unspecified atom stereocenters. The predicted octanol–water partition coefficient (Wildman–Crippen LogP) is 5.30. The smallest absolute Gasteiger partial charge is 0.0438 e. The van der Waals surface area contributed by atoms with Gasteiger partial charge in [-0.1, -0.05) is 60.6 Å². The van der Waals surface area contributed by atoms with E-state index in [9.17, 15) is 0 Å². The minimum Gasteiger partial charge on any atom is -0.371 e. The average Bonchev–Trinajstić information content (AvgIpc) is 3.08. The molecule has 26 heavy (non-hydrogen) atoms. The standard InChI is InChI=1S/C23H29ClN2/c1-4-26(19(3)14-21-11-10-18(2)23(24)15-21)22-12-13-25(17-22)16-20-8-6-5-7-9-20/h5-11,15,22H,3-4,12-14,16-17H2,1-2H3. The highest BCUT2D eigenvalue weighted by Crippen LogP contribution is 2.24. The van der Waals surface area contributed by atoms with Gasteiger partial charge in [0.15, 0.2) is 0 Å². The average molecular weight is 369 g/mol. The van der Waals surface area contributed by atoms with Crippen molar-refractivity contribution in [3.05, 3.63) is 82.5 Å². The Morgan fingerprint density at radius 1 is 1.19 bits per heavy atom. The summed E-state index contributed by atoms with van der Waals surface area (Å²) < 4.78 is 0. The summed E-state index contributed by atoms with van der Waals surface area (Å²) in [6.45, 7) is 13.0. The zero-order valence-electron chi connectivity index (χ0n) is 15.9. The van der Waals surface area contributed by atoms with Crippen LogP contribution in [0, 0.1) is 6.92 Å². The maximum Gasteiger partial charge on any atom is 0.0438 e. The summed E-state index contributed by atoms with van der Waals surface area (Å²) >= 11 is 6.28. The molecule has 2 aromatic rings. The largest absolute Gasteiger partial charge is 0.371 e. The van der Waals surface area contributed by atoms with Crippen LogP contribution in [0.3, 0.4) is 0 Å². The number of hydrogen-bond donors (Lipinski definition) is 0. The number of aryl methyl sites for hydroxylation is 1. The van der Waals surface area contributed by atoms with Crippen molar-refractivity contribution in [2.45, 2.75) is 39.3 Å². The minimum atomic E-state index is 0.553. The van der Waals surface area contributed by atoms with Crippen LogP contribution in [0.25, 0.3) is 0 Å². The molecule has 0 spiro atoms. The van der Waals surface area contributed by atoms with Gasteiger partial charge in [0.05, 0.1) is 0 Å². The summed E-state index contributed by atoms with van der Waals surface area (Å²) in [5.41, 5.74) is 4.95. The molecule has 1 fully saturated rings. The van der Waals surface area contributed by atoms with Crippen LogP contribution in [0.2, 0.25) is 5.02 Å². The van der Waals surface area contributed by atoms with Crippen molar-refractivity contribution in [3.8, 4) is 0 Å². The SMILES string of the molecule is C=C(Cc1ccc(C)c(Cl)c1)N(CC)C1CCN(Cc2ccccc2)C1. The van der Waals surface area contributed by atoms with Gasteiger partial charge in [-0.25, -0.2) is 0 Å². The Labute approximate surface area is 163 Å². The minimum absolute atomic E-state index is 0.553. The van der Waals surface area contributed by atoms with Crippen molar-refractivity contribution in [1.82, 2.24) is 9.80 Å². The van der Waals surface area contributed by atoms with Crippen molar-refractivity contribution < 1.29 is 0 Å². The number of benzene rings is 2. The van der Waals surface area contributed by atoms with Gasteiger partial charge in [-0.05, 0) is 43.0 Å². The fourth-order valence-electron chi connectivity index (χ4n) is 3.88. The highest BCUT2D eigenvalue weighted by molar-refractivity contribution is 6.31. The molecule has 1 saturated heterocycles. The van der Waals surface area contributed by atoms with Gasteiger partial charge in [-0.15, -0.1) is 0 Å². The maximum absolute atomic E-state index is 6.28. The molecule has 0 radical (unpaired) electrons. The first-order chi connectivity index (χ1) is 12.6. The number of likely N-dealkylation sites (tertiary alicyclic amines) is 1. The van der Waals surface area contributed by atoms with E-state index in [0.29, 0.717) is 6.04 Å². The molecule has 1 atom stereocenters. The molecule has 138 valence electrons. The van der Waals surface area contributed by atoms with Crippen LogP contribution >= 0.6 is 11.6 Å². The quantitative estimate of drug-likeness (QED) is 0.654. The lowest BCUT2D eigenvalue weighted by Crippen LogP contribution is -2.37. The van der Waals surface area contributed by atoms with Gasteiger partial charge >= 0.3 is 0 Å². The lowest BCUT2D eigenvalue weighted by molar-refractivity contribution is 0.242. The Balaban J connectivity index is 1.59. The number of halogens is 1. The van der Waals surface area contributed by atoms with Crippen LogP contribution in [-0.4, -0.2) is 35.5 Å².